The highest BCUT2D eigenvalue weighted by Crippen LogP contribution is 2.12. The number of hydrogen-bond donors (Lipinski definition) is 2. The summed E-state index contributed by atoms with van der Waals surface area (Å²) < 4.78 is 5.41. The van der Waals surface area contributed by atoms with E-state index in [0.717, 1.165) is 31.7 Å². The fourth-order valence-electron chi connectivity index (χ4n) is 2.25. The third kappa shape index (κ3) is 3.34. The minimum atomic E-state index is -0.0585. The van der Waals surface area contributed by atoms with Gasteiger partial charge in [0.05, 0.1) is 6.54 Å². The number of rotatable bonds is 4. The molecular weight excluding hydrogens is 232 g/mol. The van der Waals surface area contributed by atoms with E-state index in [1.165, 1.54) is 0 Å². The second-order valence-electron chi connectivity index (χ2n) is 4.69. The fourth-order valence-corrected chi connectivity index (χ4v) is 2.25. The van der Waals surface area contributed by atoms with Gasteiger partial charge in [0.25, 0.3) is 0 Å². The Balaban J connectivity index is 1.73. The van der Waals surface area contributed by atoms with Gasteiger partial charge in [-0.25, -0.2) is 0 Å². The monoisotopic (exact) mass is 252 g/mol. The molecule has 18 heavy (non-hydrogen) atoms. The van der Waals surface area contributed by atoms with Crippen LogP contribution in [0.4, 0.5) is 0 Å². The van der Waals surface area contributed by atoms with Crippen LogP contribution in [-0.4, -0.2) is 35.0 Å². The van der Waals surface area contributed by atoms with E-state index in [0.29, 0.717) is 18.3 Å². The van der Waals surface area contributed by atoms with Gasteiger partial charge < -0.3 is 19.7 Å². The van der Waals surface area contributed by atoms with Crippen LogP contribution in [0.5, 0.6) is 0 Å². The molecular formula is C13H20N2O3. The minimum Gasteiger partial charge on any atom is -0.462 e. The number of hydrogen-bond acceptors (Lipinski definition) is 4. The van der Waals surface area contributed by atoms with Crippen molar-refractivity contribution in [1.29, 1.82) is 0 Å². The number of piperidine rings is 1. The van der Waals surface area contributed by atoms with Gasteiger partial charge in [0, 0.05) is 26.1 Å². The molecule has 1 aromatic heterocycles. The third-order valence-electron chi connectivity index (χ3n) is 3.38. The van der Waals surface area contributed by atoms with Crippen LogP contribution >= 0.6 is 0 Å². The van der Waals surface area contributed by atoms with Gasteiger partial charge in [0.1, 0.15) is 18.1 Å². The van der Waals surface area contributed by atoms with Crippen LogP contribution in [0.1, 0.15) is 31.3 Å². The largest absolute Gasteiger partial charge is 0.462 e. The van der Waals surface area contributed by atoms with Crippen LogP contribution in [0.3, 0.4) is 0 Å². The first-order valence-electron chi connectivity index (χ1n) is 6.36. The molecule has 1 aromatic rings. The Morgan fingerprint density at radius 3 is 2.67 bits per heavy atom. The number of amides is 1. The van der Waals surface area contributed by atoms with E-state index >= 15 is 0 Å². The van der Waals surface area contributed by atoms with E-state index in [9.17, 15) is 4.79 Å². The van der Waals surface area contributed by atoms with Crippen LogP contribution < -0.4 is 5.32 Å². The van der Waals surface area contributed by atoms with Crippen molar-refractivity contribution in [3.05, 3.63) is 23.7 Å². The van der Waals surface area contributed by atoms with E-state index in [1.54, 1.807) is 13.0 Å². The second-order valence-corrected chi connectivity index (χ2v) is 4.69. The van der Waals surface area contributed by atoms with Crippen LogP contribution in [0.25, 0.3) is 0 Å². The summed E-state index contributed by atoms with van der Waals surface area (Å²) in [6.07, 6.45) is 1.96. The molecule has 2 rings (SSSR count). The summed E-state index contributed by atoms with van der Waals surface area (Å²) in [6.45, 7) is 3.88. The summed E-state index contributed by atoms with van der Waals surface area (Å²) in [5.74, 6) is 1.60. The number of carbonyl (C=O) groups excluding carboxylic acids is 1. The zero-order valence-electron chi connectivity index (χ0n) is 10.7. The minimum absolute atomic E-state index is 0.0585. The smallest absolute Gasteiger partial charge is 0.219 e. The van der Waals surface area contributed by atoms with Crippen LogP contribution in [-0.2, 0) is 17.9 Å². The molecule has 5 nitrogen and oxygen atoms in total. The highest BCUT2D eigenvalue weighted by atomic mass is 16.4. The number of likely N-dealkylation sites (tertiary alicyclic amines) is 1. The van der Waals surface area contributed by atoms with E-state index in [4.69, 9.17) is 9.52 Å². The van der Waals surface area contributed by atoms with Gasteiger partial charge in [-0.15, -0.1) is 0 Å². The van der Waals surface area contributed by atoms with E-state index in [-0.39, 0.29) is 12.5 Å². The molecule has 100 valence electrons. The maximum Gasteiger partial charge on any atom is 0.219 e. The molecule has 2 N–H and O–H groups in total. The number of nitrogens with one attached hydrogen (secondary N) is 1. The van der Waals surface area contributed by atoms with Gasteiger partial charge in [0.15, 0.2) is 0 Å². The zero-order chi connectivity index (χ0) is 13.0. The summed E-state index contributed by atoms with van der Waals surface area (Å²) in [7, 11) is 0. The summed E-state index contributed by atoms with van der Waals surface area (Å²) in [4.78, 5) is 13.1. The molecule has 1 saturated heterocycles. The average molecular weight is 252 g/mol. The molecule has 5 heteroatoms. The molecule has 0 unspecified atom stereocenters. The number of aliphatic hydroxyl groups is 1. The van der Waals surface area contributed by atoms with E-state index in [1.807, 2.05) is 11.0 Å². The zero-order valence-corrected chi connectivity index (χ0v) is 10.7. The van der Waals surface area contributed by atoms with Gasteiger partial charge in [-0.1, -0.05) is 0 Å². The summed E-state index contributed by atoms with van der Waals surface area (Å²) >= 11 is 0. The molecule has 1 aliphatic heterocycles. The van der Waals surface area contributed by atoms with Gasteiger partial charge in [-0.3, -0.25) is 4.79 Å². The lowest BCUT2D eigenvalue weighted by atomic mass is 10.1. The Hall–Kier alpha value is -1.33. The van der Waals surface area contributed by atoms with Crippen molar-refractivity contribution in [3.63, 3.8) is 0 Å². The number of nitrogens with zero attached hydrogens (tertiary/aromatic N) is 1. The van der Waals surface area contributed by atoms with Crippen LogP contribution in [0, 0.1) is 0 Å². The van der Waals surface area contributed by atoms with E-state index in [2.05, 4.69) is 5.32 Å². The molecule has 2 heterocycles. The Kier molecular flexibility index (Phi) is 4.38. The van der Waals surface area contributed by atoms with Gasteiger partial charge in [-0.05, 0) is 25.0 Å². The normalized spacial score (nSPS) is 17.1. The van der Waals surface area contributed by atoms with Gasteiger partial charge in [-0.2, -0.15) is 0 Å². The molecule has 1 amide bonds. The Bertz CT molecular complexity index is 395. The Morgan fingerprint density at radius 1 is 1.44 bits per heavy atom. The SMILES string of the molecule is CC(=O)N1CCC(NCc2ccc(CO)o2)CC1. The lowest BCUT2D eigenvalue weighted by molar-refractivity contribution is -0.129. The van der Waals surface area contributed by atoms with Crippen molar-refractivity contribution in [2.75, 3.05) is 13.1 Å². The maximum absolute atomic E-state index is 11.2. The number of aliphatic hydroxyl groups excluding tert-OH is 1. The quantitative estimate of drug-likeness (QED) is 0.834. The van der Waals surface area contributed by atoms with Crippen molar-refractivity contribution in [2.45, 2.75) is 39.0 Å². The lowest BCUT2D eigenvalue weighted by Crippen LogP contribution is -2.43. The van der Waals surface area contributed by atoms with Crippen LogP contribution in [0.2, 0.25) is 0 Å². The molecule has 1 fully saturated rings. The summed E-state index contributed by atoms with van der Waals surface area (Å²) in [5, 5.41) is 12.3. The molecule has 0 aromatic carbocycles. The first-order valence-corrected chi connectivity index (χ1v) is 6.36. The lowest BCUT2D eigenvalue weighted by Gasteiger charge is -2.31. The standard InChI is InChI=1S/C13H20N2O3/c1-10(17)15-6-4-11(5-7-15)14-8-12-2-3-13(9-16)18-12/h2-3,11,14,16H,4-9H2,1H3. The van der Waals surface area contributed by atoms with Gasteiger partial charge >= 0.3 is 0 Å². The predicted molar refractivity (Wildman–Crippen MR) is 66.7 cm³/mol. The van der Waals surface area contributed by atoms with Crippen molar-refractivity contribution in [3.8, 4) is 0 Å². The highest BCUT2D eigenvalue weighted by molar-refractivity contribution is 5.73. The van der Waals surface area contributed by atoms with E-state index < -0.39 is 0 Å². The molecule has 0 spiro atoms. The molecule has 0 bridgehead atoms. The summed E-state index contributed by atoms with van der Waals surface area (Å²) in [6, 6.07) is 4.10. The van der Waals surface area contributed by atoms with Crippen molar-refractivity contribution in [2.24, 2.45) is 0 Å². The molecule has 0 aliphatic carbocycles. The molecule has 1 aliphatic rings. The van der Waals surface area contributed by atoms with Crippen LogP contribution in [0.15, 0.2) is 16.5 Å². The maximum atomic E-state index is 11.2. The van der Waals surface area contributed by atoms with Gasteiger partial charge in [0.2, 0.25) is 5.91 Å². The molecule has 0 atom stereocenters. The van der Waals surface area contributed by atoms with Crippen molar-refractivity contribution < 1.29 is 14.3 Å². The first kappa shape index (κ1) is 13.1. The average Bonchev–Trinajstić information content (AvgIpc) is 2.85. The fraction of sp³-hybridized carbons (Fsp3) is 0.615. The predicted octanol–water partition coefficient (Wildman–Crippen LogP) is 0.872. The number of carbonyl (C=O) groups is 1. The molecule has 0 saturated carbocycles. The third-order valence-corrected chi connectivity index (χ3v) is 3.38. The Labute approximate surface area is 107 Å². The second kappa shape index (κ2) is 6.02. The summed E-state index contributed by atoms with van der Waals surface area (Å²) in [5.41, 5.74) is 0. The first-order chi connectivity index (χ1) is 8.69. The molecule has 0 radical (unpaired) electrons. The topological polar surface area (TPSA) is 65.7 Å². The Morgan fingerprint density at radius 2 is 2.11 bits per heavy atom. The van der Waals surface area contributed by atoms with Crippen molar-refractivity contribution in [1.82, 2.24) is 10.2 Å². The number of furan rings is 1. The van der Waals surface area contributed by atoms with Crippen molar-refractivity contribution >= 4 is 5.91 Å². The highest BCUT2D eigenvalue weighted by Gasteiger charge is 2.20.